The summed E-state index contributed by atoms with van der Waals surface area (Å²) in [6.07, 6.45) is 3.54. The second-order valence-corrected chi connectivity index (χ2v) is 9.07. The van der Waals surface area contributed by atoms with E-state index in [4.69, 9.17) is 5.14 Å². The molecule has 2 aromatic carbocycles. The van der Waals surface area contributed by atoms with Crippen LogP contribution in [0.25, 0.3) is 10.9 Å². The van der Waals surface area contributed by atoms with Gasteiger partial charge in [-0.25, -0.2) is 18.5 Å². The van der Waals surface area contributed by atoms with Crippen molar-refractivity contribution in [2.75, 3.05) is 10.6 Å². The van der Waals surface area contributed by atoms with Gasteiger partial charge in [0.1, 0.15) is 5.82 Å². The quantitative estimate of drug-likeness (QED) is 0.418. The summed E-state index contributed by atoms with van der Waals surface area (Å²) >= 11 is 0. The SMILES string of the molecule is Cc1cnc(Nc2cccc(S(N)(=O)=O)c2)nc1Nc1ccc2c(cnn2C(C)C)c1. The van der Waals surface area contributed by atoms with E-state index in [1.54, 1.807) is 18.3 Å². The van der Waals surface area contributed by atoms with Gasteiger partial charge in [0.2, 0.25) is 16.0 Å². The van der Waals surface area contributed by atoms with Crippen LogP contribution < -0.4 is 15.8 Å². The lowest BCUT2D eigenvalue weighted by Crippen LogP contribution is -2.12. The normalized spacial score (nSPS) is 11.8. The van der Waals surface area contributed by atoms with E-state index in [0.717, 1.165) is 22.2 Å². The number of aryl methyl sites for hydroxylation is 1. The maximum absolute atomic E-state index is 11.6. The van der Waals surface area contributed by atoms with Crippen LogP contribution in [0.1, 0.15) is 25.5 Å². The molecule has 31 heavy (non-hydrogen) atoms. The van der Waals surface area contributed by atoms with Gasteiger partial charge in [-0.1, -0.05) is 6.07 Å². The number of nitrogens with one attached hydrogen (secondary N) is 2. The zero-order chi connectivity index (χ0) is 22.2. The summed E-state index contributed by atoms with van der Waals surface area (Å²) in [5, 5.41) is 17.0. The van der Waals surface area contributed by atoms with Gasteiger partial charge in [-0.3, -0.25) is 4.68 Å². The third-order valence-corrected chi connectivity index (χ3v) is 5.65. The Labute approximate surface area is 180 Å². The lowest BCUT2D eigenvalue weighted by Gasteiger charge is -2.12. The van der Waals surface area contributed by atoms with Crippen LogP contribution in [0.3, 0.4) is 0 Å². The molecule has 0 spiro atoms. The van der Waals surface area contributed by atoms with E-state index in [-0.39, 0.29) is 10.9 Å². The van der Waals surface area contributed by atoms with Gasteiger partial charge < -0.3 is 10.6 Å². The first-order valence-corrected chi connectivity index (χ1v) is 11.2. The van der Waals surface area contributed by atoms with Crippen LogP contribution in [-0.4, -0.2) is 28.2 Å². The number of nitrogens with zero attached hydrogens (tertiary/aromatic N) is 4. The third-order valence-electron chi connectivity index (χ3n) is 4.74. The Balaban J connectivity index is 1.59. The Morgan fingerprint density at radius 1 is 1.03 bits per heavy atom. The minimum atomic E-state index is -3.79. The first-order valence-electron chi connectivity index (χ1n) is 9.68. The first-order chi connectivity index (χ1) is 14.7. The molecule has 4 aromatic rings. The molecule has 0 aliphatic heterocycles. The number of hydrogen-bond acceptors (Lipinski definition) is 7. The molecule has 0 aliphatic carbocycles. The van der Waals surface area contributed by atoms with Crippen molar-refractivity contribution in [2.24, 2.45) is 5.14 Å². The van der Waals surface area contributed by atoms with Crippen molar-refractivity contribution < 1.29 is 8.42 Å². The van der Waals surface area contributed by atoms with Crippen LogP contribution in [0.15, 0.2) is 59.8 Å². The molecule has 0 saturated carbocycles. The molecule has 4 rings (SSSR count). The van der Waals surface area contributed by atoms with Gasteiger partial charge in [0, 0.05) is 34.6 Å². The largest absolute Gasteiger partial charge is 0.340 e. The molecule has 10 heteroatoms. The average molecular weight is 438 g/mol. The minimum absolute atomic E-state index is 0.0122. The summed E-state index contributed by atoms with van der Waals surface area (Å²) in [6.45, 7) is 6.09. The van der Waals surface area contributed by atoms with Crippen LogP contribution in [-0.2, 0) is 10.0 Å². The van der Waals surface area contributed by atoms with Crippen molar-refractivity contribution in [3.8, 4) is 0 Å². The fourth-order valence-electron chi connectivity index (χ4n) is 3.19. The number of hydrogen-bond donors (Lipinski definition) is 3. The zero-order valence-electron chi connectivity index (χ0n) is 17.4. The maximum atomic E-state index is 11.6. The molecule has 2 heterocycles. The highest BCUT2D eigenvalue weighted by Crippen LogP contribution is 2.26. The summed E-state index contributed by atoms with van der Waals surface area (Å²) in [6, 6.07) is 12.5. The highest BCUT2D eigenvalue weighted by molar-refractivity contribution is 7.89. The smallest absolute Gasteiger partial charge is 0.238 e. The van der Waals surface area contributed by atoms with Gasteiger partial charge in [0.05, 0.1) is 16.6 Å². The fraction of sp³-hybridized carbons (Fsp3) is 0.190. The molecule has 0 aliphatic rings. The second-order valence-electron chi connectivity index (χ2n) is 7.50. The topological polar surface area (TPSA) is 128 Å². The number of aromatic nitrogens is 4. The molecule has 0 radical (unpaired) electrons. The lowest BCUT2D eigenvalue weighted by molar-refractivity contribution is 0.551. The van der Waals surface area contributed by atoms with Crippen molar-refractivity contribution in [1.29, 1.82) is 0 Å². The summed E-state index contributed by atoms with van der Waals surface area (Å²) in [7, 11) is -3.79. The Kier molecular flexibility index (Phi) is 5.34. The molecule has 0 bridgehead atoms. The number of sulfonamides is 1. The van der Waals surface area contributed by atoms with Crippen LogP contribution in [0.4, 0.5) is 23.1 Å². The molecule has 9 nitrogen and oxygen atoms in total. The molecule has 0 fully saturated rings. The average Bonchev–Trinajstić information content (AvgIpc) is 3.14. The summed E-state index contributed by atoms with van der Waals surface area (Å²) < 4.78 is 25.1. The number of primary sulfonamides is 1. The number of rotatable bonds is 6. The van der Waals surface area contributed by atoms with E-state index in [1.165, 1.54) is 12.1 Å². The predicted molar refractivity (Wildman–Crippen MR) is 121 cm³/mol. The van der Waals surface area contributed by atoms with Crippen molar-refractivity contribution in [2.45, 2.75) is 31.7 Å². The second kappa shape index (κ2) is 7.97. The summed E-state index contributed by atoms with van der Waals surface area (Å²) in [5.41, 5.74) is 3.32. The molecular weight excluding hydrogens is 414 g/mol. The number of anilines is 4. The van der Waals surface area contributed by atoms with Gasteiger partial charge in [-0.15, -0.1) is 0 Å². The number of nitrogens with two attached hydrogens (primary N) is 1. The van der Waals surface area contributed by atoms with E-state index in [0.29, 0.717) is 17.5 Å². The fourth-order valence-corrected chi connectivity index (χ4v) is 3.75. The van der Waals surface area contributed by atoms with E-state index in [2.05, 4.69) is 39.5 Å². The minimum Gasteiger partial charge on any atom is -0.340 e. The summed E-state index contributed by atoms with van der Waals surface area (Å²) in [4.78, 5) is 8.83. The maximum Gasteiger partial charge on any atom is 0.238 e. The number of fused-ring (bicyclic) bond motifs is 1. The van der Waals surface area contributed by atoms with E-state index < -0.39 is 10.0 Å². The van der Waals surface area contributed by atoms with E-state index in [9.17, 15) is 8.42 Å². The zero-order valence-corrected chi connectivity index (χ0v) is 18.2. The molecule has 2 aromatic heterocycles. The predicted octanol–water partition coefficient (Wildman–Crippen LogP) is 3.85. The monoisotopic (exact) mass is 437 g/mol. The standard InChI is InChI=1S/C21H23N7O2S/c1-13(2)28-19-8-7-17(9-15(19)12-24-28)25-20-14(3)11-23-21(27-20)26-16-5-4-6-18(10-16)31(22,29)30/h4-13H,1-3H3,(H2,22,29,30)(H2,23,25,26,27). The van der Waals surface area contributed by atoms with Gasteiger partial charge in [0.15, 0.2) is 0 Å². The first kappa shape index (κ1) is 20.8. The van der Waals surface area contributed by atoms with Gasteiger partial charge in [-0.2, -0.15) is 10.1 Å². The van der Waals surface area contributed by atoms with Crippen molar-refractivity contribution in [3.05, 3.63) is 60.4 Å². The van der Waals surface area contributed by atoms with Crippen molar-refractivity contribution in [3.63, 3.8) is 0 Å². The Bertz CT molecular complexity index is 1360. The van der Waals surface area contributed by atoms with Crippen molar-refractivity contribution >= 4 is 44.1 Å². The van der Waals surface area contributed by atoms with Crippen LogP contribution >= 0.6 is 0 Å². The molecule has 0 saturated heterocycles. The third kappa shape index (κ3) is 4.49. The molecular formula is C21H23N7O2S. The lowest BCUT2D eigenvalue weighted by atomic mass is 10.2. The van der Waals surface area contributed by atoms with E-state index >= 15 is 0 Å². The summed E-state index contributed by atoms with van der Waals surface area (Å²) in [5.74, 6) is 0.962. The van der Waals surface area contributed by atoms with Crippen LogP contribution in [0.2, 0.25) is 0 Å². The van der Waals surface area contributed by atoms with Crippen LogP contribution in [0, 0.1) is 6.92 Å². The Morgan fingerprint density at radius 3 is 2.55 bits per heavy atom. The Hall–Kier alpha value is -3.50. The highest BCUT2D eigenvalue weighted by Gasteiger charge is 2.11. The molecule has 160 valence electrons. The highest BCUT2D eigenvalue weighted by atomic mass is 32.2. The van der Waals surface area contributed by atoms with Gasteiger partial charge >= 0.3 is 0 Å². The number of benzene rings is 2. The van der Waals surface area contributed by atoms with E-state index in [1.807, 2.05) is 36.0 Å². The van der Waals surface area contributed by atoms with Crippen LogP contribution in [0.5, 0.6) is 0 Å². The van der Waals surface area contributed by atoms with Gasteiger partial charge in [-0.05, 0) is 57.2 Å². The molecule has 0 atom stereocenters. The van der Waals surface area contributed by atoms with Gasteiger partial charge in [0.25, 0.3) is 0 Å². The van der Waals surface area contributed by atoms with Crippen molar-refractivity contribution in [1.82, 2.24) is 19.7 Å². The molecule has 0 amide bonds. The Morgan fingerprint density at radius 2 is 1.81 bits per heavy atom. The molecule has 4 N–H and O–H groups in total. The molecule has 0 unspecified atom stereocenters.